The maximum atomic E-state index is 13.2. The molecule has 2 atom stereocenters. The van der Waals surface area contributed by atoms with Gasteiger partial charge in [0.1, 0.15) is 12.3 Å². The van der Waals surface area contributed by atoms with E-state index in [1.807, 2.05) is 0 Å². The molecule has 1 aliphatic carbocycles. The molecule has 0 bridgehead atoms. The molecule has 5 heteroatoms. The zero-order chi connectivity index (χ0) is 11.2. The molecular formula is C10H11FO3S. The van der Waals surface area contributed by atoms with Crippen LogP contribution in [0.1, 0.15) is 17.2 Å². The number of hydrogen-bond acceptors (Lipinski definition) is 3. The van der Waals surface area contributed by atoms with Gasteiger partial charge in [-0.25, -0.2) is 12.8 Å². The molecule has 1 aliphatic rings. The van der Waals surface area contributed by atoms with E-state index in [1.54, 1.807) is 12.1 Å². The molecule has 0 spiro atoms. The van der Waals surface area contributed by atoms with Gasteiger partial charge in [-0.1, -0.05) is 12.1 Å². The molecule has 1 N–H and O–H groups in total. The average molecular weight is 230 g/mol. The molecule has 1 aromatic rings. The number of aliphatic hydroxyl groups is 1. The number of fused-ring (bicyclic) bond motifs is 1. The van der Waals surface area contributed by atoms with E-state index in [0.29, 0.717) is 5.56 Å². The molecule has 0 radical (unpaired) electrons. The molecule has 0 heterocycles. The summed E-state index contributed by atoms with van der Waals surface area (Å²) in [7, 11) is -3.41. The Balaban J connectivity index is 2.68. The Kier molecular flexibility index (Phi) is 2.31. The van der Waals surface area contributed by atoms with Crippen LogP contribution in [-0.4, -0.2) is 26.0 Å². The highest BCUT2D eigenvalue weighted by Gasteiger charge is 2.34. The third-order valence-electron chi connectivity index (χ3n) is 2.61. The van der Waals surface area contributed by atoms with Gasteiger partial charge in [-0.05, 0) is 11.6 Å². The van der Waals surface area contributed by atoms with E-state index in [-0.39, 0.29) is 16.9 Å². The van der Waals surface area contributed by atoms with Gasteiger partial charge < -0.3 is 5.11 Å². The maximum Gasteiger partial charge on any atom is 0.175 e. The lowest BCUT2D eigenvalue weighted by atomic mass is 10.1. The molecule has 0 aliphatic heterocycles. The van der Waals surface area contributed by atoms with Crippen LogP contribution in [0.3, 0.4) is 0 Å². The number of halogens is 1. The Morgan fingerprint density at radius 1 is 1.47 bits per heavy atom. The number of sulfone groups is 1. The molecule has 1 aromatic carbocycles. The van der Waals surface area contributed by atoms with Crippen molar-refractivity contribution >= 4 is 9.84 Å². The molecule has 82 valence electrons. The summed E-state index contributed by atoms with van der Waals surface area (Å²) in [5.74, 6) is 0. The van der Waals surface area contributed by atoms with E-state index in [9.17, 15) is 17.9 Å². The summed E-state index contributed by atoms with van der Waals surface area (Å²) in [4.78, 5) is 0.0349. The van der Waals surface area contributed by atoms with Crippen molar-refractivity contribution < 1.29 is 17.9 Å². The van der Waals surface area contributed by atoms with Crippen LogP contribution in [0.15, 0.2) is 23.1 Å². The van der Waals surface area contributed by atoms with Crippen molar-refractivity contribution in [2.45, 2.75) is 23.6 Å². The maximum absolute atomic E-state index is 13.2. The van der Waals surface area contributed by atoms with Crippen molar-refractivity contribution in [3.05, 3.63) is 29.3 Å². The fourth-order valence-electron chi connectivity index (χ4n) is 1.93. The van der Waals surface area contributed by atoms with E-state index in [1.165, 1.54) is 6.07 Å². The van der Waals surface area contributed by atoms with Crippen LogP contribution in [0.5, 0.6) is 0 Å². The van der Waals surface area contributed by atoms with Gasteiger partial charge in [0.2, 0.25) is 0 Å². The van der Waals surface area contributed by atoms with Crippen LogP contribution in [0.4, 0.5) is 4.39 Å². The summed E-state index contributed by atoms with van der Waals surface area (Å²) in [6, 6.07) is 4.61. The molecule has 0 saturated heterocycles. The first-order valence-corrected chi connectivity index (χ1v) is 6.44. The quantitative estimate of drug-likeness (QED) is 0.783. The van der Waals surface area contributed by atoms with Crippen molar-refractivity contribution in [1.29, 1.82) is 0 Å². The third-order valence-corrected chi connectivity index (χ3v) is 3.76. The minimum Gasteiger partial charge on any atom is -0.385 e. The first-order chi connectivity index (χ1) is 6.91. The van der Waals surface area contributed by atoms with Crippen molar-refractivity contribution in [3.63, 3.8) is 0 Å². The van der Waals surface area contributed by atoms with E-state index in [4.69, 9.17) is 0 Å². The zero-order valence-corrected chi connectivity index (χ0v) is 8.96. The van der Waals surface area contributed by atoms with E-state index >= 15 is 0 Å². The average Bonchev–Trinajstić information content (AvgIpc) is 2.41. The van der Waals surface area contributed by atoms with Crippen molar-refractivity contribution in [1.82, 2.24) is 0 Å². The number of rotatable bonds is 1. The SMILES string of the molecule is CS(=O)(=O)c1cccc2c1[C@H](O)[C@H](F)C2. The van der Waals surface area contributed by atoms with Crippen LogP contribution >= 0.6 is 0 Å². The third kappa shape index (κ3) is 1.66. The Hall–Kier alpha value is -0.940. The van der Waals surface area contributed by atoms with Crippen LogP contribution < -0.4 is 0 Å². The number of aliphatic hydroxyl groups excluding tert-OH is 1. The molecule has 3 nitrogen and oxygen atoms in total. The Morgan fingerprint density at radius 3 is 2.73 bits per heavy atom. The number of benzene rings is 1. The highest BCUT2D eigenvalue weighted by molar-refractivity contribution is 7.90. The second-order valence-corrected chi connectivity index (χ2v) is 5.75. The Morgan fingerprint density at radius 2 is 2.13 bits per heavy atom. The van der Waals surface area contributed by atoms with Gasteiger partial charge in [0.15, 0.2) is 9.84 Å². The van der Waals surface area contributed by atoms with E-state index < -0.39 is 22.1 Å². The first-order valence-electron chi connectivity index (χ1n) is 4.55. The van der Waals surface area contributed by atoms with Crippen molar-refractivity contribution in [3.8, 4) is 0 Å². The predicted molar refractivity (Wildman–Crippen MR) is 53.1 cm³/mol. The molecule has 0 aromatic heterocycles. The second-order valence-electron chi connectivity index (χ2n) is 3.77. The first kappa shape index (κ1) is 10.6. The molecule has 0 fully saturated rings. The van der Waals surface area contributed by atoms with Crippen LogP contribution in [0.2, 0.25) is 0 Å². The molecule has 0 unspecified atom stereocenters. The second kappa shape index (κ2) is 3.28. The number of alkyl halides is 1. The largest absolute Gasteiger partial charge is 0.385 e. The highest BCUT2D eigenvalue weighted by atomic mass is 32.2. The summed E-state index contributed by atoms with van der Waals surface area (Å²) >= 11 is 0. The van der Waals surface area contributed by atoms with E-state index in [0.717, 1.165) is 6.26 Å². The van der Waals surface area contributed by atoms with Crippen LogP contribution in [-0.2, 0) is 16.3 Å². The standard InChI is InChI=1S/C10H11FO3S/c1-15(13,14)8-4-2-3-6-5-7(11)10(12)9(6)8/h2-4,7,10,12H,5H2,1H3/t7-,10-/m1/s1. The Labute approximate surface area is 87.5 Å². The van der Waals surface area contributed by atoms with Crippen LogP contribution in [0.25, 0.3) is 0 Å². The lowest BCUT2D eigenvalue weighted by Crippen LogP contribution is -2.10. The van der Waals surface area contributed by atoms with Crippen molar-refractivity contribution in [2.75, 3.05) is 6.26 Å². The lowest BCUT2D eigenvalue weighted by Gasteiger charge is -2.10. The molecule has 15 heavy (non-hydrogen) atoms. The minimum atomic E-state index is -3.41. The van der Waals surface area contributed by atoms with Gasteiger partial charge in [-0.2, -0.15) is 0 Å². The van der Waals surface area contributed by atoms with Gasteiger partial charge >= 0.3 is 0 Å². The summed E-state index contributed by atoms with van der Waals surface area (Å²) in [5, 5.41) is 9.55. The summed E-state index contributed by atoms with van der Waals surface area (Å²) < 4.78 is 36.1. The smallest absolute Gasteiger partial charge is 0.175 e. The van der Waals surface area contributed by atoms with Crippen molar-refractivity contribution in [2.24, 2.45) is 0 Å². The lowest BCUT2D eigenvalue weighted by molar-refractivity contribution is 0.0907. The topological polar surface area (TPSA) is 54.4 Å². The normalized spacial score (nSPS) is 25.3. The van der Waals surface area contributed by atoms with Gasteiger partial charge in [0.25, 0.3) is 0 Å². The molecule has 0 amide bonds. The highest BCUT2D eigenvalue weighted by Crippen LogP contribution is 2.37. The predicted octanol–water partition coefficient (Wildman–Crippen LogP) is 1.02. The fourth-order valence-corrected chi connectivity index (χ4v) is 2.91. The monoisotopic (exact) mass is 230 g/mol. The van der Waals surface area contributed by atoms with Gasteiger partial charge in [0.05, 0.1) is 4.90 Å². The summed E-state index contributed by atoms with van der Waals surface area (Å²) in [5.41, 5.74) is 0.811. The fraction of sp³-hybridized carbons (Fsp3) is 0.400. The minimum absolute atomic E-state index is 0.0349. The molecule has 2 rings (SSSR count). The van der Waals surface area contributed by atoms with E-state index in [2.05, 4.69) is 0 Å². The molecular weight excluding hydrogens is 219 g/mol. The summed E-state index contributed by atoms with van der Waals surface area (Å²) in [6.07, 6.45) is -1.57. The van der Waals surface area contributed by atoms with Gasteiger partial charge in [-0.3, -0.25) is 0 Å². The number of hydrogen-bond donors (Lipinski definition) is 1. The van der Waals surface area contributed by atoms with Gasteiger partial charge in [0, 0.05) is 18.2 Å². The Bertz CT molecular complexity index is 495. The van der Waals surface area contributed by atoms with Crippen LogP contribution in [0, 0.1) is 0 Å². The molecule has 0 saturated carbocycles. The zero-order valence-electron chi connectivity index (χ0n) is 8.14. The summed E-state index contributed by atoms with van der Waals surface area (Å²) in [6.45, 7) is 0. The van der Waals surface area contributed by atoms with Gasteiger partial charge in [-0.15, -0.1) is 0 Å².